The van der Waals surface area contributed by atoms with Gasteiger partial charge in [0.2, 0.25) is 0 Å². The van der Waals surface area contributed by atoms with Crippen molar-refractivity contribution in [2.45, 2.75) is 39.5 Å². The number of rotatable bonds is 7. The molecule has 0 N–H and O–H groups in total. The van der Waals surface area contributed by atoms with E-state index in [1.165, 1.54) is 41.2 Å². The van der Waals surface area contributed by atoms with Crippen molar-refractivity contribution in [1.29, 1.82) is 0 Å². The normalized spacial score (nSPS) is 11.8. The lowest BCUT2D eigenvalue weighted by Gasteiger charge is -2.06. The fourth-order valence-corrected chi connectivity index (χ4v) is 2.30. The van der Waals surface area contributed by atoms with Gasteiger partial charge in [0, 0.05) is 0 Å². The SMILES string of the molecule is CCCCCCO/C=C(\C)c1ccc2ccccc2c1. The number of allylic oxidation sites excluding steroid dienone is 1. The second kappa shape index (κ2) is 7.74. The molecule has 2 rings (SSSR count). The summed E-state index contributed by atoms with van der Waals surface area (Å²) >= 11 is 0. The number of hydrogen-bond donors (Lipinski definition) is 0. The van der Waals surface area contributed by atoms with Gasteiger partial charge in [0.05, 0.1) is 12.9 Å². The first kappa shape index (κ1) is 14.6. The summed E-state index contributed by atoms with van der Waals surface area (Å²) in [5, 5.41) is 2.56. The Morgan fingerprint density at radius 2 is 1.80 bits per heavy atom. The Labute approximate surface area is 122 Å². The highest BCUT2D eigenvalue weighted by Crippen LogP contribution is 2.20. The third-order valence-corrected chi connectivity index (χ3v) is 3.58. The molecule has 0 bridgehead atoms. The van der Waals surface area contributed by atoms with Gasteiger partial charge in [-0.2, -0.15) is 0 Å². The maximum Gasteiger partial charge on any atom is 0.0873 e. The van der Waals surface area contributed by atoms with E-state index in [-0.39, 0.29) is 0 Å². The lowest BCUT2D eigenvalue weighted by atomic mass is 10.0. The molecule has 2 aromatic carbocycles. The topological polar surface area (TPSA) is 9.23 Å². The highest BCUT2D eigenvalue weighted by atomic mass is 16.5. The van der Waals surface area contributed by atoms with Crippen LogP contribution in [0.2, 0.25) is 0 Å². The Hall–Kier alpha value is -1.76. The van der Waals surface area contributed by atoms with Crippen LogP contribution in [-0.2, 0) is 4.74 Å². The van der Waals surface area contributed by atoms with Crippen LogP contribution in [0.5, 0.6) is 0 Å². The second-order valence-corrected chi connectivity index (χ2v) is 5.29. The van der Waals surface area contributed by atoms with Crippen LogP contribution in [0.25, 0.3) is 16.3 Å². The summed E-state index contributed by atoms with van der Waals surface area (Å²) in [5.41, 5.74) is 2.42. The average molecular weight is 268 g/mol. The Morgan fingerprint density at radius 1 is 1.00 bits per heavy atom. The molecule has 106 valence electrons. The first-order valence-electron chi connectivity index (χ1n) is 7.59. The Balaban J connectivity index is 1.94. The molecule has 2 aromatic rings. The maximum absolute atomic E-state index is 5.65. The monoisotopic (exact) mass is 268 g/mol. The molecule has 1 heteroatoms. The zero-order chi connectivity index (χ0) is 14.2. The van der Waals surface area contributed by atoms with Crippen molar-refractivity contribution >= 4 is 16.3 Å². The Bertz CT molecular complexity index is 569. The van der Waals surface area contributed by atoms with Crippen molar-refractivity contribution in [3.63, 3.8) is 0 Å². The number of benzene rings is 2. The van der Waals surface area contributed by atoms with Crippen LogP contribution in [-0.4, -0.2) is 6.61 Å². The summed E-state index contributed by atoms with van der Waals surface area (Å²) in [5.74, 6) is 0. The van der Waals surface area contributed by atoms with Crippen LogP contribution >= 0.6 is 0 Å². The lowest BCUT2D eigenvalue weighted by Crippen LogP contribution is -1.89. The molecular formula is C19H24O. The Kier molecular flexibility index (Phi) is 5.67. The molecule has 0 amide bonds. The summed E-state index contributed by atoms with van der Waals surface area (Å²) in [6.45, 7) is 5.16. The fourth-order valence-electron chi connectivity index (χ4n) is 2.30. The van der Waals surface area contributed by atoms with Crippen molar-refractivity contribution in [2.75, 3.05) is 6.61 Å². The summed E-state index contributed by atoms with van der Waals surface area (Å²) in [6.07, 6.45) is 6.88. The van der Waals surface area contributed by atoms with Crippen LogP contribution in [0.15, 0.2) is 48.7 Å². The molecule has 1 nitrogen and oxygen atoms in total. The molecule has 0 fully saturated rings. The van der Waals surface area contributed by atoms with Crippen LogP contribution < -0.4 is 0 Å². The largest absolute Gasteiger partial charge is 0.501 e. The maximum atomic E-state index is 5.65. The molecule has 0 aliphatic carbocycles. The van der Waals surface area contributed by atoms with Gasteiger partial charge < -0.3 is 4.74 Å². The van der Waals surface area contributed by atoms with E-state index >= 15 is 0 Å². The van der Waals surface area contributed by atoms with Gasteiger partial charge >= 0.3 is 0 Å². The molecule has 0 unspecified atom stereocenters. The number of hydrogen-bond acceptors (Lipinski definition) is 1. The minimum Gasteiger partial charge on any atom is -0.501 e. The molecule has 0 aliphatic heterocycles. The van der Waals surface area contributed by atoms with Crippen molar-refractivity contribution in [1.82, 2.24) is 0 Å². The van der Waals surface area contributed by atoms with Gasteiger partial charge in [-0.25, -0.2) is 0 Å². The highest BCUT2D eigenvalue weighted by molar-refractivity contribution is 5.85. The summed E-state index contributed by atoms with van der Waals surface area (Å²) in [4.78, 5) is 0. The molecule has 0 radical (unpaired) electrons. The van der Waals surface area contributed by atoms with Crippen molar-refractivity contribution in [2.24, 2.45) is 0 Å². The van der Waals surface area contributed by atoms with Crippen LogP contribution in [0.1, 0.15) is 45.1 Å². The van der Waals surface area contributed by atoms with Crippen LogP contribution in [0.4, 0.5) is 0 Å². The molecule has 0 aliphatic rings. The number of fused-ring (bicyclic) bond motifs is 1. The summed E-state index contributed by atoms with van der Waals surface area (Å²) in [7, 11) is 0. The minimum atomic E-state index is 0.824. The number of ether oxygens (including phenoxy) is 1. The predicted molar refractivity (Wildman–Crippen MR) is 87.7 cm³/mol. The van der Waals surface area contributed by atoms with Crippen molar-refractivity contribution < 1.29 is 4.74 Å². The van der Waals surface area contributed by atoms with E-state index in [9.17, 15) is 0 Å². The van der Waals surface area contributed by atoms with Gasteiger partial charge in [-0.15, -0.1) is 0 Å². The van der Waals surface area contributed by atoms with E-state index in [4.69, 9.17) is 4.74 Å². The third-order valence-electron chi connectivity index (χ3n) is 3.58. The van der Waals surface area contributed by atoms with E-state index in [0.717, 1.165) is 13.0 Å². The molecule has 0 saturated carbocycles. The first-order valence-corrected chi connectivity index (χ1v) is 7.59. The van der Waals surface area contributed by atoms with Gasteiger partial charge in [0.25, 0.3) is 0 Å². The molecule has 0 heterocycles. The molecule has 0 aromatic heterocycles. The predicted octanol–water partition coefficient (Wildman–Crippen LogP) is 5.80. The van der Waals surface area contributed by atoms with Gasteiger partial charge in [-0.05, 0) is 41.3 Å². The lowest BCUT2D eigenvalue weighted by molar-refractivity contribution is 0.242. The quantitative estimate of drug-likeness (QED) is 0.455. The highest BCUT2D eigenvalue weighted by Gasteiger charge is 1.98. The van der Waals surface area contributed by atoms with E-state index < -0.39 is 0 Å². The van der Waals surface area contributed by atoms with E-state index in [2.05, 4.69) is 56.3 Å². The summed E-state index contributed by atoms with van der Waals surface area (Å²) in [6, 6.07) is 15.0. The standard InChI is InChI=1S/C19H24O/c1-3-4-5-8-13-20-15-16(2)18-12-11-17-9-6-7-10-19(17)14-18/h6-7,9-12,14-15H,3-5,8,13H2,1-2H3/b16-15+. The third kappa shape index (κ3) is 4.12. The second-order valence-electron chi connectivity index (χ2n) is 5.29. The van der Waals surface area contributed by atoms with Gasteiger partial charge in [-0.3, -0.25) is 0 Å². The van der Waals surface area contributed by atoms with Crippen molar-refractivity contribution in [3.05, 3.63) is 54.3 Å². The molecule has 0 saturated heterocycles. The zero-order valence-corrected chi connectivity index (χ0v) is 12.6. The van der Waals surface area contributed by atoms with E-state index in [0.29, 0.717) is 0 Å². The van der Waals surface area contributed by atoms with Gasteiger partial charge in [-0.1, -0.05) is 62.6 Å². The smallest absolute Gasteiger partial charge is 0.0873 e. The molecular weight excluding hydrogens is 244 g/mol. The fraction of sp³-hybridized carbons (Fsp3) is 0.368. The number of unbranched alkanes of at least 4 members (excludes halogenated alkanes) is 3. The van der Waals surface area contributed by atoms with Crippen LogP contribution in [0.3, 0.4) is 0 Å². The van der Waals surface area contributed by atoms with Gasteiger partial charge in [0.1, 0.15) is 0 Å². The van der Waals surface area contributed by atoms with E-state index in [1.807, 2.05) is 6.26 Å². The summed E-state index contributed by atoms with van der Waals surface area (Å²) < 4.78 is 5.65. The average Bonchev–Trinajstić information content (AvgIpc) is 2.50. The van der Waals surface area contributed by atoms with Crippen LogP contribution in [0, 0.1) is 0 Å². The molecule has 20 heavy (non-hydrogen) atoms. The molecule has 0 spiro atoms. The van der Waals surface area contributed by atoms with E-state index in [1.54, 1.807) is 0 Å². The Morgan fingerprint density at radius 3 is 2.60 bits per heavy atom. The van der Waals surface area contributed by atoms with Crippen molar-refractivity contribution in [3.8, 4) is 0 Å². The molecule has 0 atom stereocenters. The van der Waals surface area contributed by atoms with Gasteiger partial charge in [0.15, 0.2) is 0 Å². The minimum absolute atomic E-state index is 0.824. The zero-order valence-electron chi connectivity index (χ0n) is 12.6. The first-order chi connectivity index (χ1) is 9.81.